The van der Waals surface area contributed by atoms with Crippen LogP contribution < -0.4 is 10.2 Å². The van der Waals surface area contributed by atoms with Crippen molar-refractivity contribution in [3.05, 3.63) is 59.7 Å². The maximum atomic E-state index is 12.7. The Hall–Kier alpha value is -3.15. The van der Waals surface area contributed by atoms with Crippen molar-refractivity contribution in [2.75, 3.05) is 23.4 Å². The van der Waals surface area contributed by atoms with E-state index in [0.29, 0.717) is 17.8 Å². The van der Waals surface area contributed by atoms with Crippen LogP contribution >= 0.6 is 0 Å². The first-order chi connectivity index (χ1) is 13.0. The molecule has 1 heterocycles. The second kappa shape index (κ2) is 8.03. The molecule has 0 aromatic heterocycles. The number of esters is 1. The smallest absolute Gasteiger partial charge is 0.340 e. The summed E-state index contributed by atoms with van der Waals surface area (Å²) in [6.07, 6.45) is 0.140. The molecule has 1 atom stereocenters. The van der Waals surface area contributed by atoms with Crippen molar-refractivity contribution >= 4 is 29.2 Å². The number of nitrogens with zero attached hydrogens (tertiary/aromatic N) is 1. The van der Waals surface area contributed by atoms with E-state index in [1.54, 1.807) is 36.1 Å². The van der Waals surface area contributed by atoms with Crippen LogP contribution in [0.15, 0.2) is 48.5 Å². The molecule has 27 heavy (non-hydrogen) atoms. The lowest BCUT2D eigenvalue weighted by Crippen LogP contribution is -2.28. The minimum absolute atomic E-state index is 0.0839. The number of carbonyl (C=O) groups is 3. The standard InChI is InChI=1S/C21H22N2O4/c1-3-27-21(26)17-9-4-5-10-18(17)22-20(25)15-12-19(24)23(13-15)16-8-6-7-14(2)11-16/h4-11,15H,3,12-13H2,1-2H3,(H,22,25). The molecule has 0 bridgehead atoms. The molecule has 1 aliphatic rings. The van der Waals surface area contributed by atoms with E-state index in [-0.39, 0.29) is 24.8 Å². The van der Waals surface area contributed by atoms with Gasteiger partial charge in [0, 0.05) is 18.7 Å². The predicted molar refractivity (Wildman–Crippen MR) is 103 cm³/mol. The Labute approximate surface area is 158 Å². The average molecular weight is 366 g/mol. The fourth-order valence-corrected chi connectivity index (χ4v) is 3.14. The summed E-state index contributed by atoms with van der Waals surface area (Å²) in [7, 11) is 0. The molecule has 6 nitrogen and oxygen atoms in total. The van der Waals surface area contributed by atoms with Crippen LogP contribution in [0.1, 0.15) is 29.3 Å². The van der Waals surface area contributed by atoms with Crippen molar-refractivity contribution < 1.29 is 19.1 Å². The summed E-state index contributed by atoms with van der Waals surface area (Å²) in [5.41, 5.74) is 2.54. The van der Waals surface area contributed by atoms with E-state index in [4.69, 9.17) is 4.74 Å². The number of benzene rings is 2. The Morgan fingerprint density at radius 1 is 1.19 bits per heavy atom. The lowest BCUT2D eigenvalue weighted by molar-refractivity contribution is -0.122. The highest BCUT2D eigenvalue weighted by Crippen LogP contribution is 2.27. The van der Waals surface area contributed by atoms with Crippen LogP contribution in [0, 0.1) is 12.8 Å². The molecule has 140 valence electrons. The van der Waals surface area contributed by atoms with Gasteiger partial charge in [0.2, 0.25) is 11.8 Å². The van der Waals surface area contributed by atoms with Crippen molar-refractivity contribution in [2.45, 2.75) is 20.3 Å². The number of hydrogen-bond donors (Lipinski definition) is 1. The third-order valence-corrected chi connectivity index (χ3v) is 4.49. The van der Waals surface area contributed by atoms with Crippen LogP contribution in [-0.4, -0.2) is 30.9 Å². The summed E-state index contributed by atoms with van der Waals surface area (Å²) < 4.78 is 5.03. The van der Waals surface area contributed by atoms with Crippen molar-refractivity contribution in [2.24, 2.45) is 5.92 Å². The number of para-hydroxylation sites is 1. The van der Waals surface area contributed by atoms with Gasteiger partial charge in [-0.3, -0.25) is 9.59 Å². The normalized spacial score (nSPS) is 16.3. The van der Waals surface area contributed by atoms with E-state index >= 15 is 0 Å². The van der Waals surface area contributed by atoms with E-state index < -0.39 is 11.9 Å². The molecule has 2 amide bonds. The number of carbonyl (C=O) groups excluding carboxylic acids is 3. The zero-order valence-electron chi connectivity index (χ0n) is 15.4. The van der Waals surface area contributed by atoms with Crippen LogP contribution in [0.5, 0.6) is 0 Å². The van der Waals surface area contributed by atoms with E-state index in [2.05, 4.69) is 5.32 Å². The van der Waals surface area contributed by atoms with E-state index in [9.17, 15) is 14.4 Å². The maximum Gasteiger partial charge on any atom is 0.340 e. The Bertz CT molecular complexity index is 878. The van der Waals surface area contributed by atoms with Gasteiger partial charge in [0.05, 0.1) is 23.8 Å². The summed E-state index contributed by atoms with van der Waals surface area (Å²) in [5.74, 6) is -1.33. The van der Waals surface area contributed by atoms with Gasteiger partial charge in [0.1, 0.15) is 0 Å². The zero-order valence-corrected chi connectivity index (χ0v) is 15.4. The largest absolute Gasteiger partial charge is 0.462 e. The molecule has 0 saturated carbocycles. The van der Waals surface area contributed by atoms with Gasteiger partial charge in [0.15, 0.2) is 0 Å². The summed E-state index contributed by atoms with van der Waals surface area (Å²) in [5, 5.41) is 2.78. The summed E-state index contributed by atoms with van der Waals surface area (Å²) >= 11 is 0. The molecule has 6 heteroatoms. The highest BCUT2D eigenvalue weighted by Gasteiger charge is 2.35. The topological polar surface area (TPSA) is 75.7 Å². The van der Waals surface area contributed by atoms with Gasteiger partial charge in [0.25, 0.3) is 0 Å². The first kappa shape index (κ1) is 18.6. The third kappa shape index (κ3) is 4.16. The van der Waals surface area contributed by atoms with Gasteiger partial charge < -0.3 is 15.0 Å². The number of nitrogens with one attached hydrogen (secondary N) is 1. The predicted octanol–water partition coefficient (Wildman–Crippen LogP) is 3.16. The molecule has 0 radical (unpaired) electrons. The maximum absolute atomic E-state index is 12.7. The summed E-state index contributed by atoms with van der Waals surface area (Å²) in [6, 6.07) is 14.3. The van der Waals surface area contributed by atoms with Crippen LogP contribution in [0.4, 0.5) is 11.4 Å². The van der Waals surface area contributed by atoms with E-state index in [1.165, 1.54) is 0 Å². The lowest BCUT2D eigenvalue weighted by atomic mass is 10.1. The van der Waals surface area contributed by atoms with Crippen LogP contribution in [-0.2, 0) is 14.3 Å². The fraction of sp³-hybridized carbons (Fsp3) is 0.286. The molecule has 1 aliphatic heterocycles. The number of anilines is 2. The lowest BCUT2D eigenvalue weighted by Gasteiger charge is -2.17. The van der Waals surface area contributed by atoms with Crippen molar-refractivity contribution in [1.82, 2.24) is 0 Å². The SMILES string of the molecule is CCOC(=O)c1ccccc1NC(=O)C1CC(=O)N(c2cccc(C)c2)C1. The molecule has 1 fully saturated rings. The molecular formula is C21H22N2O4. The van der Waals surface area contributed by atoms with Crippen LogP contribution in [0.25, 0.3) is 0 Å². The fourth-order valence-electron chi connectivity index (χ4n) is 3.14. The quantitative estimate of drug-likeness (QED) is 0.825. The first-order valence-electron chi connectivity index (χ1n) is 8.93. The molecule has 3 rings (SSSR count). The van der Waals surface area contributed by atoms with Crippen LogP contribution in [0.2, 0.25) is 0 Å². The average Bonchev–Trinajstić information content (AvgIpc) is 3.04. The number of amides is 2. The monoisotopic (exact) mass is 366 g/mol. The van der Waals surface area contributed by atoms with Gasteiger partial charge in [-0.15, -0.1) is 0 Å². The summed E-state index contributed by atoms with van der Waals surface area (Å²) in [6.45, 7) is 4.25. The third-order valence-electron chi connectivity index (χ3n) is 4.49. The first-order valence-corrected chi connectivity index (χ1v) is 8.93. The number of aryl methyl sites for hydroxylation is 1. The molecule has 0 aliphatic carbocycles. The molecule has 2 aromatic carbocycles. The molecular weight excluding hydrogens is 344 g/mol. The van der Waals surface area contributed by atoms with Gasteiger partial charge in [-0.2, -0.15) is 0 Å². The highest BCUT2D eigenvalue weighted by atomic mass is 16.5. The van der Waals surface area contributed by atoms with Crippen molar-refractivity contribution in [1.29, 1.82) is 0 Å². The Balaban J connectivity index is 1.73. The second-order valence-corrected chi connectivity index (χ2v) is 6.50. The van der Waals surface area contributed by atoms with Gasteiger partial charge in [-0.25, -0.2) is 4.79 Å². The van der Waals surface area contributed by atoms with Crippen molar-refractivity contribution in [3.63, 3.8) is 0 Å². The van der Waals surface area contributed by atoms with Gasteiger partial charge >= 0.3 is 5.97 Å². The highest BCUT2D eigenvalue weighted by molar-refractivity contribution is 6.06. The summed E-state index contributed by atoms with van der Waals surface area (Å²) in [4.78, 5) is 38.8. The van der Waals surface area contributed by atoms with Gasteiger partial charge in [-0.05, 0) is 43.7 Å². The number of rotatable bonds is 5. The number of hydrogen-bond acceptors (Lipinski definition) is 4. The van der Waals surface area contributed by atoms with Crippen LogP contribution in [0.3, 0.4) is 0 Å². The Morgan fingerprint density at radius 2 is 1.96 bits per heavy atom. The second-order valence-electron chi connectivity index (χ2n) is 6.50. The number of ether oxygens (including phenoxy) is 1. The van der Waals surface area contributed by atoms with E-state index in [1.807, 2.05) is 31.2 Å². The molecule has 2 aromatic rings. The minimum Gasteiger partial charge on any atom is -0.462 e. The minimum atomic E-state index is -0.489. The zero-order chi connectivity index (χ0) is 19.4. The van der Waals surface area contributed by atoms with E-state index in [0.717, 1.165) is 11.3 Å². The van der Waals surface area contributed by atoms with Crippen molar-refractivity contribution in [3.8, 4) is 0 Å². The molecule has 1 saturated heterocycles. The Morgan fingerprint density at radius 3 is 2.70 bits per heavy atom. The van der Waals surface area contributed by atoms with Gasteiger partial charge in [-0.1, -0.05) is 24.3 Å². The molecule has 1 unspecified atom stereocenters. The molecule has 0 spiro atoms. The Kier molecular flexibility index (Phi) is 5.54. The molecule has 1 N–H and O–H groups in total.